The SMILES string of the molecule is CCOC(=O)C1C(=O)OCC1c1ccc(OC)c(OC)c1. The Balaban J connectivity index is 2.31. The summed E-state index contributed by atoms with van der Waals surface area (Å²) in [5, 5.41) is 0. The van der Waals surface area contributed by atoms with Gasteiger partial charge in [-0.05, 0) is 24.6 Å². The van der Waals surface area contributed by atoms with Gasteiger partial charge in [0.15, 0.2) is 17.4 Å². The molecule has 0 spiro atoms. The molecular weight excluding hydrogens is 276 g/mol. The highest BCUT2D eigenvalue weighted by Crippen LogP contribution is 2.37. The van der Waals surface area contributed by atoms with E-state index in [0.29, 0.717) is 11.5 Å². The van der Waals surface area contributed by atoms with Crippen LogP contribution in [0.4, 0.5) is 0 Å². The molecule has 0 bridgehead atoms. The summed E-state index contributed by atoms with van der Waals surface area (Å²) < 4.78 is 20.4. The van der Waals surface area contributed by atoms with E-state index in [1.54, 1.807) is 32.2 Å². The van der Waals surface area contributed by atoms with E-state index < -0.39 is 17.9 Å². The van der Waals surface area contributed by atoms with Crippen molar-refractivity contribution < 1.29 is 28.5 Å². The third kappa shape index (κ3) is 2.94. The topological polar surface area (TPSA) is 71.1 Å². The van der Waals surface area contributed by atoms with Crippen molar-refractivity contribution in [3.63, 3.8) is 0 Å². The highest BCUT2D eigenvalue weighted by atomic mass is 16.6. The number of hydrogen-bond donors (Lipinski definition) is 0. The minimum absolute atomic E-state index is 0.151. The van der Waals surface area contributed by atoms with Crippen LogP contribution in [0.25, 0.3) is 0 Å². The summed E-state index contributed by atoms with van der Waals surface area (Å²) in [6.45, 7) is 2.07. The summed E-state index contributed by atoms with van der Waals surface area (Å²) in [6.07, 6.45) is 0. The monoisotopic (exact) mass is 294 g/mol. The van der Waals surface area contributed by atoms with Crippen molar-refractivity contribution >= 4 is 11.9 Å². The van der Waals surface area contributed by atoms with Crippen molar-refractivity contribution in [2.24, 2.45) is 5.92 Å². The minimum Gasteiger partial charge on any atom is -0.493 e. The molecule has 0 radical (unpaired) electrons. The number of benzene rings is 1. The van der Waals surface area contributed by atoms with Gasteiger partial charge in [0.1, 0.15) is 0 Å². The lowest BCUT2D eigenvalue weighted by Crippen LogP contribution is -2.26. The quantitative estimate of drug-likeness (QED) is 0.606. The molecule has 0 amide bonds. The van der Waals surface area contributed by atoms with Crippen LogP contribution in [0, 0.1) is 5.92 Å². The van der Waals surface area contributed by atoms with Crippen LogP contribution in [0.5, 0.6) is 11.5 Å². The Hall–Kier alpha value is -2.24. The van der Waals surface area contributed by atoms with Crippen molar-refractivity contribution in [2.45, 2.75) is 12.8 Å². The molecule has 2 atom stereocenters. The van der Waals surface area contributed by atoms with E-state index in [0.717, 1.165) is 5.56 Å². The lowest BCUT2D eigenvalue weighted by atomic mass is 9.88. The number of cyclic esters (lactones) is 1. The van der Waals surface area contributed by atoms with Crippen LogP contribution < -0.4 is 9.47 Å². The Bertz CT molecular complexity index is 539. The molecule has 1 aliphatic heterocycles. The lowest BCUT2D eigenvalue weighted by molar-refractivity contribution is -0.155. The Kier molecular flexibility index (Phi) is 4.67. The highest BCUT2D eigenvalue weighted by Gasteiger charge is 2.44. The average Bonchev–Trinajstić information content (AvgIpc) is 2.88. The van der Waals surface area contributed by atoms with Crippen molar-refractivity contribution in [2.75, 3.05) is 27.4 Å². The van der Waals surface area contributed by atoms with E-state index in [-0.39, 0.29) is 19.1 Å². The van der Waals surface area contributed by atoms with E-state index in [1.807, 2.05) is 0 Å². The summed E-state index contributed by atoms with van der Waals surface area (Å²) in [7, 11) is 3.07. The van der Waals surface area contributed by atoms with Gasteiger partial charge in [-0.3, -0.25) is 9.59 Å². The van der Waals surface area contributed by atoms with Gasteiger partial charge in [-0.1, -0.05) is 6.07 Å². The molecule has 2 unspecified atom stereocenters. The summed E-state index contributed by atoms with van der Waals surface area (Å²) >= 11 is 0. The normalized spacial score (nSPS) is 20.8. The first-order valence-corrected chi connectivity index (χ1v) is 6.67. The minimum atomic E-state index is -0.928. The first-order valence-electron chi connectivity index (χ1n) is 6.67. The molecule has 1 heterocycles. The molecule has 2 rings (SSSR count). The van der Waals surface area contributed by atoms with E-state index in [9.17, 15) is 9.59 Å². The van der Waals surface area contributed by atoms with Crippen molar-refractivity contribution in [3.05, 3.63) is 23.8 Å². The molecule has 0 saturated carbocycles. The van der Waals surface area contributed by atoms with E-state index >= 15 is 0 Å². The Morgan fingerprint density at radius 2 is 2.00 bits per heavy atom. The molecule has 1 aromatic rings. The molecular formula is C15H18O6. The zero-order valence-electron chi connectivity index (χ0n) is 12.3. The number of carbonyl (C=O) groups is 2. The van der Waals surface area contributed by atoms with Crippen LogP contribution in [0.15, 0.2) is 18.2 Å². The van der Waals surface area contributed by atoms with Crippen LogP contribution in [0.3, 0.4) is 0 Å². The maximum absolute atomic E-state index is 11.9. The Morgan fingerprint density at radius 1 is 1.29 bits per heavy atom. The Labute approximate surface area is 122 Å². The standard InChI is InChI=1S/C15H18O6/c1-4-20-14(16)13-10(8-21-15(13)17)9-5-6-11(18-2)12(7-9)19-3/h5-7,10,13H,4,8H2,1-3H3. The van der Waals surface area contributed by atoms with Gasteiger partial charge in [-0.25, -0.2) is 0 Å². The third-order valence-corrected chi connectivity index (χ3v) is 3.44. The zero-order chi connectivity index (χ0) is 15.4. The zero-order valence-corrected chi connectivity index (χ0v) is 12.3. The van der Waals surface area contributed by atoms with Gasteiger partial charge < -0.3 is 18.9 Å². The summed E-state index contributed by atoms with van der Waals surface area (Å²) in [4.78, 5) is 23.7. The summed E-state index contributed by atoms with van der Waals surface area (Å²) in [6, 6.07) is 5.27. The fourth-order valence-corrected chi connectivity index (χ4v) is 2.39. The second-order valence-corrected chi connectivity index (χ2v) is 4.58. The van der Waals surface area contributed by atoms with Crippen LogP contribution in [-0.4, -0.2) is 39.4 Å². The summed E-state index contributed by atoms with van der Waals surface area (Å²) in [5.74, 6) is -1.29. The molecule has 6 heteroatoms. The van der Waals surface area contributed by atoms with Gasteiger partial charge in [0, 0.05) is 5.92 Å². The number of rotatable bonds is 5. The van der Waals surface area contributed by atoms with Gasteiger partial charge in [0.25, 0.3) is 0 Å². The molecule has 0 aliphatic carbocycles. The summed E-state index contributed by atoms with van der Waals surface area (Å²) in [5.41, 5.74) is 0.775. The molecule has 0 N–H and O–H groups in total. The second kappa shape index (κ2) is 6.47. The number of carbonyl (C=O) groups excluding carboxylic acids is 2. The molecule has 1 aliphatic rings. The maximum atomic E-state index is 11.9. The van der Waals surface area contributed by atoms with Gasteiger partial charge >= 0.3 is 11.9 Å². The first-order chi connectivity index (χ1) is 10.1. The van der Waals surface area contributed by atoms with Gasteiger partial charge in [-0.15, -0.1) is 0 Å². The third-order valence-electron chi connectivity index (χ3n) is 3.44. The number of hydrogen-bond acceptors (Lipinski definition) is 6. The average molecular weight is 294 g/mol. The van der Waals surface area contributed by atoms with Gasteiger partial charge in [0.05, 0.1) is 27.4 Å². The molecule has 1 saturated heterocycles. The fraction of sp³-hybridized carbons (Fsp3) is 0.467. The van der Waals surface area contributed by atoms with Crippen LogP contribution in [0.2, 0.25) is 0 Å². The highest BCUT2D eigenvalue weighted by molar-refractivity contribution is 5.97. The largest absolute Gasteiger partial charge is 0.493 e. The molecule has 1 aromatic carbocycles. The number of methoxy groups -OCH3 is 2. The predicted molar refractivity (Wildman–Crippen MR) is 73.4 cm³/mol. The van der Waals surface area contributed by atoms with Crippen molar-refractivity contribution in [3.8, 4) is 11.5 Å². The molecule has 114 valence electrons. The lowest BCUT2D eigenvalue weighted by Gasteiger charge is -2.16. The van der Waals surface area contributed by atoms with Crippen LogP contribution in [-0.2, 0) is 19.1 Å². The molecule has 21 heavy (non-hydrogen) atoms. The molecule has 6 nitrogen and oxygen atoms in total. The number of ether oxygens (including phenoxy) is 4. The van der Waals surface area contributed by atoms with Gasteiger partial charge in [-0.2, -0.15) is 0 Å². The predicted octanol–water partition coefficient (Wildman–Crippen LogP) is 1.52. The van der Waals surface area contributed by atoms with Crippen molar-refractivity contribution in [1.29, 1.82) is 0 Å². The fourth-order valence-electron chi connectivity index (χ4n) is 2.39. The van der Waals surface area contributed by atoms with Crippen LogP contribution in [0.1, 0.15) is 18.4 Å². The van der Waals surface area contributed by atoms with Gasteiger partial charge in [0.2, 0.25) is 0 Å². The maximum Gasteiger partial charge on any atom is 0.321 e. The van der Waals surface area contributed by atoms with Crippen molar-refractivity contribution in [1.82, 2.24) is 0 Å². The molecule has 1 fully saturated rings. The second-order valence-electron chi connectivity index (χ2n) is 4.58. The van der Waals surface area contributed by atoms with Crippen LogP contribution >= 0.6 is 0 Å². The molecule has 0 aromatic heterocycles. The van der Waals surface area contributed by atoms with E-state index in [2.05, 4.69) is 0 Å². The number of esters is 2. The van der Waals surface area contributed by atoms with E-state index in [4.69, 9.17) is 18.9 Å². The Morgan fingerprint density at radius 3 is 2.62 bits per heavy atom. The smallest absolute Gasteiger partial charge is 0.321 e. The van der Waals surface area contributed by atoms with E-state index in [1.165, 1.54) is 7.11 Å². The first kappa shape index (κ1) is 15.2.